The summed E-state index contributed by atoms with van der Waals surface area (Å²) in [5.74, 6) is 0.610. The van der Waals surface area contributed by atoms with Crippen LogP contribution in [0.25, 0.3) is 0 Å². The Balaban J connectivity index is 2.20. The fourth-order valence-electron chi connectivity index (χ4n) is 1.55. The van der Waals surface area contributed by atoms with Gasteiger partial charge in [-0.2, -0.15) is 0 Å². The maximum Gasteiger partial charge on any atom is 0.0489 e. The molecule has 0 unspecified atom stereocenters. The smallest absolute Gasteiger partial charge is 0.0489 e. The van der Waals surface area contributed by atoms with Crippen LogP contribution < -0.4 is 11.1 Å². The Morgan fingerprint density at radius 1 is 1.35 bits per heavy atom. The van der Waals surface area contributed by atoms with Gasteiger partial charge in [0.2, 0.25) is 0 Å². The number of benzene rings is 1. The number of ether oxygens (including phenoxy) is 1. The molecule has 0 saturated heterocycles. The van der Waals surface area contributed by atoms with Gasteiger partial charge in [-0.05, 0) is 37.0 Å². The predicted molar refractivity (Wildman–Crippen MR) is 74.4 cm³/mol. The van der Waals surface area contributed by atoms with Gasteiger partial charge in [-0.1, -0.05) is 19.9 Å². The van der Waals surface area contributed by atoms with Crippen LogP contribution in [0, 0.1) is 12.8 Å². The molecule has 1 aromatic rings. The maximum absolute atomic E-state index is 5.75. The molecule has 17 heavy (non-hydrogen) atoms. The van der Waals surface area contributed by atoms with Gasteiger partial charge < -0.3 is 15.8 Å². The Kier molecular flexibility index (Phi) is 5.84. The Labute approximate surface area is 104 Å². The van der Waals surface area contributed by atoms with E-state index in [2.05, 4.69) is 26.1 Å². The van der Waals surface area contributed by atoms with Crippen LogP contribution in [0.5, 0.6) is 0 Å². The molecule has 0 aliphatic heterocycles. The Bertz CT molecular complexity index is 337. The number of nitrogens with two attached hydrogens (primary N) is 1. The number of anilines is 2. The minimum Gasteiger partial charge on any atom is -0.399 e. The quantitative estimate of drug-likeness (QED) is 0.565. The standard InChI is InChI=1S/C14H24N2O/c1-11(2)10-17-8-4-7-16-14-9-13(15)6-5-12(14)3/h5-6,9,11,16H,4,7-8,10,15H2,1-3H3. The summed E-state index contributed by atoms with van der Waals surface area (Å²) in [6.45, 7) is 8.98. The van der Waals surface area contributed by atoms with Crippen LogP contribution in [0.15, 0.2) is 18.2 Å². The van der Waals surface area contributed by atoms with Crippen LogP contribution in [-0.4, -0.2) is 19.8 Å². The molecule has 0 aliphatic rings. The van der Waals surface area contributed by atoms with Gasteiger partial charge in [0.25, 0.3) is 0 Å². The van der Waals surface area contributed by atoms with Crippen LogP contribution >= 0.6 is 0 Å². The van der Waals surface area contributed by atoms with Crippen LogP contribution in [0.1, 0.15) is 25.8 Å². The number of aryl methyl sites for hydroxylation is 1. The monoisotopic (exact) mass is 236 g/mol. The van der Waals surface area contributed by atoms with Gasteiger partial charge in [-0.3, -0.25) is 0 Å². The molecule has 3 N–H and O–H groups in total. The highest BCUT2D eigenvalue weighted by Gasteiger charge is 1.98. The minimum atomic E-state index is 0.610. The molecule has 0 radical (unpaired) electrons. The molecule has 0 heterocycles. The van der Waals surface area contributed by atoms with Crippen molar-refractivity contribution < 1.29 is 4.74 Å². The van der Waals surface area contributed by atoms with Crippen molar-refractivity contribution in [2.24, 2.45) is 5.92 Å². The Hall–Kier alpha value is -1.22. The van der Waals surface area contributed by atoms with Gasteiger partial charge in [0, 0.05) is 31.1 Å². The summed E-state index contributed by atoms with van der Waals surface area (Å²) in [5.41, 5.74) is 8.89. The van der Waals surface area contributed by atoms with Gasteiger partial charge in [0.05, 0.1) is 0 Å². The van der Waals surface area contributed by atoms with Crippen molar-refractivity contribution in [2.75, 3.05) is 30.8 Å². The zero-order valence-electron chi connectivity index (χ0n) is 11.1. The summed E-state index contributed by atoms with van der Waals surface area (Å²) in [7, 11) is 0. The van der Waals surface area contributed by atoms with Crippen molar-refractivity contribution in [3.05, 3.63) is 23.8 Å². The first-order valence-electron chi connectivity index (χ1n) is 6.27. The molecule has 1 aromatic carbocycles. The third kappa shape index (κ3) is 5.59. The molecule has 1 rings (SSSR count). The number of rotatable bonds is 7. The number of hydrogen-bond donors (Lipinski definition) is 2. The van der Waals surface area contributed by atoms with E-state index >= 15 is 0 Å². The first-order valence-corrected chi connectivity index (χ1v) is 6.27. The lowest BCUT2D eigenvalue weighted by Gasteiger charge is -2.11. The predicted octanol–water partition coefficient (Wildman–Crippen LogP) is 3.05. The minimum absolute atomic E-state index is 0.610. The van der Waals surface area contributed by atoms with Crippen LogP contribution in [0.2, 0.25) is 0 Å². The number of nitrogens with one attached hydrogen (secondary N) is 1. The molecule has 0 amide bonds. The lowest BCUT2D eigenvalue weighted by atomic mass is 10.2. The van der Waals surface area contributed by atoms with Gasteiger partial charge in [0.1, 0.15) is 0 Å². The molecular formula is C14H24N2O. The molecular weight excluding hydrogens is 212 g/mol. The third-order valence-electron chi connectivity index (χ3n) is 2.49. The molecule has 0 atom stereocenters. The maximum atomic E-state index is 5.75. The van der Waals surface area contributed by atoms with Gasteiger partial charge in [-0.25, -0.2) is 0 Å². The highest BCUT2D eigenvalue weighted by Crippen LogP contribution is 2.17. The molecule has 0 bridgehead atoms. The normalized spacial score (nSPS) is 10.8. The average Bonchev–Trinajstić information content (AvgIpc) is 2.27. The van der Waals surface area contributed by atoms with Crippen molar-refractivity contribution in [1.29, 1.82) is 0 Å². The Morgan fingerprint density at radius 2 is 2.12 bits per heavy atom. The van der Waals surface area contributed by atoms with Crippen LogP contribution in [0.4, 0.5) is 11.4 Å². The molecule has 96 valence electrons. The van der Waals surface area contributed by atoms with Crippen molar-refractivity contribution in [3.63, 3.8) is 0 Å². The van der Waals surface area contributed by atoms with E-state index < -0.39 is 0 Å². The summed E-state index contributed by atoms with van der Waals surface area (Å²) in [6.07, 6.45) is 1.01. The fraction of sp³-hybridized carbons (Fsp3) is 0.571. The zero-order valence-corrected chi connectivity index (χ0v) is 11.1. The van der Waals surface area contributed by atoms with Crippen LogP contribution in [0.3, 0.4) is 0 Å². The summed E-state index contributed by atoms with van der Waals surface area (Å²) in [4.78, 5) is 0. The van der Waals surface area contributed by atoms with Crippen molar-refractivity contribution in [2.45, 2.75) is 27.2 Å². The van der Waals surface area contributed by atoms with E-state index in [9.17, 15) is 0 Å². The Morgan fingerprint density at radius 3 is 2.82 bits per heavy atom. The second-order valence-corrected chi connectivity index (χ2v) is 4.82. The highest BCUT2D eigenvalue weighted by molar-refractivity contribution is 5.59. The van der Waals surface area contributed by atoms with Gasteiger partial charge in [0.15, 0.2) is 0 Å². The van der Waals surface area contributed by atoms with Crippen molar-refractivity contribution in [1.82, 2.24) is 0 Å². The molecule has 0 fully saturated rings. The van der Waals surface area contributed by atoms with Gasteiger partial charge in [-0.15, -0.1) is 0 Å². The number of nitrogen functional groups attached to an aromatic ring is 1. The molecule has 3 heteroatoms. The molecule has 0 aromatic heterocycles. The summed E-state index contributed by atoms with van der Waals surface area (Å²) in [5, 5.41) is 3.38. The summed E-state index contributed by atoms with van der Waals surface area (Å²) >= 11 is 0. The first kappa shape index (κ1) is 13.8. The first-order chi connectivity index (χ1) is 8.09. The van der Waals surface area contributed by atoms with E-state index in [1.165, 1.54) is 5.56 Å². The average molecular weight is 236 g/mol. The second-order valence-electron chi connectivity index (χ2n) is 4.82. The summed E-state index contributed by atoms with van der Waals surface area (Å²) in [6, 6.07) is 5.93. The van der Waals surface area contributed by atoms with E-state index in [0.717, 1.165) is 37.6 Å². The zero-order chi connectivity index (χ0) is 12.7. The van der Waals surface area contributed by atoms with Crippen LogP contribution in [-0.2, 0) is 4.74 Å². The number of hydrogen-bond acceptors (Lipinski definition) is 3. The van der Waals surface area contributed by atoms with E-state index in [4.69, 9.17) is 10.5 Å². The topological polar surface area (TPSA) is 47.3 Å². The lowest BCUT2D eigenvalue weighted by molar-refractivity contribution is 0.110. The van der Waals surface area contributed by atoms with E-state index in [1.54, 1.807) is 0 Å². The lowest BCUT2D eigenvalue weighted by Crippen LogP contribution is -2.09. The molecule has 3 nitrogen and oxygen atoms in total. The summed E-state index contributed by atoms with van der Waals surface area (Å²) < 4.78 is 5.52. The SMILES string of the molecule is Cc1ccc(N)cc1NCCCOCC(C)C. The molecule has 0 spiro atoms. The van der Waals surface area contributed by atoms with Crippen molar-refractivity contribution in [3.8, 4) is 0 Å². The van der Waals surface area contributed by atoms with E-state index in [-0.39, 0.29) is 0 Å². The fourth-order valence-corrected chi connectivity index (χ4v) is 1.55. The van der Waals surface area contributed by atoms with Crippen molar-refractivity contribution >= 4 is 11.4 Å². The van der Waals surface area contributed by atoms with Gasteiger partial charge >= 0.3 is 0 Å². The van der Waals surface area contributed by atoms with E-state index in [0.29, 0.717) is 5.92 Å². The molecule has 0 saturated carbocycles. The third-order valence-corrected chi connectivity index (χ3v) is 2.49. The second kappa shape index (κ2) is 7.17. The highest BCUT2D eigenvalue weighted by atomic mass is 16.5. The van der Waals surface area contributed by atoms with E-state index in [1.807, 2.05) is 18.2 Å². The molecule has 0 aliphatic carbocycles. The largest absolute Gasteiger partial charge is 0.399 e.